The van der Waals surface area contributed by atoms with E-state index in [0.717, 1.165) is 71.3 Å². The highest BCUT2D eigenvalue weighted by Gasteiger charge is 2.21. The average Bonchev–Trinajstić information content (AvgIpc) is 3.88. The summed E-state index contributed by atoms with van der Waals surface area (Å²) < 4.78 is 8.65. The van der Waals surface area contributed by atoms with Crippen LogP contribution in [0.3, 0.4) is 0 Å². The highest BCUT2D eigenvalue weighted by molar-refractivity contribution is 6.15. The van der Waals surface area contributed by atoms with Gasteiger partial charge in [0, 0.05) is 49.8 Å². The largest absolute Gasteiger partial charge is 0.438 e. The Kier molecular flexibility index (Phi) is 7.50. The second-order valence-corrected chi connectivity index (χ2v) is 15.8. The van der Waals surface area contributed by atoms with Crippen LogP contribution in [-0.2, 0) is 0 Å². The predicted molar refractivity (Wildman–Crippen MR) is 254 cm³/mol. The van der Waals surface area contributed by atoms with Crippen LogP contribution in [0.1, 0.15) is 0 Å². The molecule has 62 heavy (non-hydrogen) atoms. The lowest BCUT2D eigenvalue weighted by Gasteiger charge is -2.15. The highest BCUT2D eigenvalue weighted by atomic mass is 16.3. The lowest BCUT2D eigenvalue weighted by Crippen LogP contribution is -2.02. The van der Waals surface area contributed by atoms with Crippen LogP contribution in [0.4, 0.5) is 0 Å². The Morgan fingerprint density at radius 1 is 0.371 bits per heavy atom. The molecule has 6 nitrogen and oxygen atoms in total. The molecule has 0 atom stereocenters. The lowest BCUT2D eigenvalue weighted by atomic mass is 9.99. The second-order valence-electron chi connectivity index (χ2n) is 15.8. The minimum Gasteiger partial charge on any atom is -0.438 e. The first-order valence-electron chi connectivity index (χ1n) is 20.8. The fourth-order valence-electron chi connectivity index (χ4n) is 9.38. The van der Waals surface area contributed by atoms with Gasteiger partial charge in [0.05, 0.1) is 16.7 Å². The van der Waals surface area contributed by atoms with Crippen LogP contribution in [0, 0.1) is 0 Å². The van der Waals surface area contributed by atoms with Gasteiger partial charge in [0.15, 0.2) is 17.5 Å². The molecule has 0 bridgehead atoms. The summed E-state index contributed by atoms with van der Waals surface area (Å²) in [5, 5.41) is 11.1. The molecule has 0 fully saturated rings. The van der Waals surface area contributed by atoms with Crippen molar-refractivity contribution in [3.63, 3.8) is 0 Å². The molecular weight excluding hydrogens is 759 g/mol. The van der Waals surface area contributed by atoms with E-state index >= 15 is 0 Å². The Bertz CT molecular complexity index is 3940. The number of hydrogen-bond acceptors (Lipinski definition) is 5. The summed E-state index contributed by atoms with van der Waals surface area (Å²) >= 11 is 0. The van der Waals surface area contributed by atoms with Crippen molar-refractivity contribution in [1.29, 1.82) is 0 Å². The number of para-hydroxylation sites is 1. The molecule has 0 N–H and O–H groups in total. The lowest BCUT2D eigenvalue weighted by molar-refractivity contribution is 0.654. The third-order valence-corrected chi connectivity index (χ3v) is 12.3. The molecule has 0 aliphatic heterocycles. The summed E-state index contributed by atoms with van der Waals surface area (Å²) in [7, 11) is 0. The summed E-state index contributed by atoms with van der Waals surface area (Å²) in [5.74, 6) is 1.73. The predicted octanol–water partition coefficient (Wildman–Crippen LogP) is 14.4. The van der Waals surface area contributed by atoms with E-state index in [4.69, 9.17) is 19.4 Å². The number of furan rings is 1. The van der Waals surface area contributed by atoms with Crippen LogP contribution < -0.4 is 0 Å². The maximum Gasteiger partial charge on any atom is 0.227 e. The van der Waals surface area contributed by atoms with Gasteiger partial charge < -0.3 is 8.98 Å². The maximum absolute atomic E-state index is 6.24. The molecule has 0 aliphatic carbocycles. The SMILES string of the molecule is c1ccc(-c2ccc3cc(-c4nc(-c5ccc(-n6c7ccccc7c7cc8ccccc8cc76)c6ccccc56)nc(-c5cccc6oc7ncccc7c56)n4)ccc3c2)cc1. The topological polar surface area (TPSA) is 69.6 Å². The van der Waals surface area contributed by atoms with Crippen molar-refractivity contribution >= 4 is 76.2 Å². The number of pyridine rings is 1. The molecule has 4 heterocycles. The molecule has 0 saturated heterocycles. The third kappa shape index (κ3) is 5.37. The number of fused-ring (bicyclic) bond motifs is 9. The molecule has 13 rings (SSSR count). The number of aromatic nitrogens is 5. The summed E-state index contributed by atoms with van der Waals surface area (Å²) in [6.07, 6.45) is 1.75. The van der Waals surface area contributed by atoms with Gasteiger partial charge >= 0.3 is 0 Å². The summed E-state index contributed by atoms with van der Waals surface area (Å²) in [6, 6.07) is 68.4. The van der Waals surface area contributed by atoms with Crippen LogP contribution >= 0.6 is 0 Å². The minimum atomic E-state index is 0.559. The fraction of sp³-hybridized carbons (Fsp3) is 0. The van der Waals surface area contributed by atoms with E-state index < -0.39 is 0 Å². The number of nitrogens with zero attached hydrogens (tertiary/aromatic N) is 5. The fourth-order valence-corrected chi connectivity index (χ4v) is 9.38. The van der Waals surface area contributed by atoms with Crippen molar-refractivity contribution in [2.45, 2.75) is 0 Å². The van der Waals surface area contributed by atoms with Gasteiger partial charge in [-0.15, -0.1) is 0 Å². The van der Waals surface area contributed by atoms with Gasteiger partial charge in [-0.25, -0.2) is 19.9 Å². The van der Waals surface area contributed by atoms with Gasteiger partial charge in [-0.3, -0.25) is 0 Å². The molecule has 0 radical (unpaired) electrons. The summed E-state index contributed by atoms with van der Waals surface area (Å²) in [6.45, 7) is 0. The Morgan fingerprint density at radius 3 is 1.89 bits per heavy atom. The standard InChI is InChI=1S/C56H33N5O/c1-2-12-34(13-3-1)37-23-24-39-31-40(26-25-38(39)30-37)53-58-54(60-55(59-53)45-19-10-22-51-52(45)46-20-11-29-57-56(46)62-51)44-27-28-49(42-17-7-6-16-41(42)44)61-48-21-9-8-18-43(48)47-32-35-14-4-5-15-36(35)33-50(47)61/h1-33H. The Morgan fingerprint density at radius 2 is 1.03 bits per heavy atom. The molecule has 6 heteroatoms. The van der Waals surface area contributed by atoms with Gasteiger partial charge in [0.25, 0.3) is 0 Å². The molecule has 13 aromatic rings. The normalized spacial score (nSPS) is 11.9. The number of benzene rings is 9. The van der Waals surface area contributed by atoms with Crippen molar-refractivity contribution in [2.75, 3.05) is 0 Å². The first-order valence-corrected chi connectivity index (χ1v) is 20.8. The van der Waals surface area contributed by atoms with Crippen LogP contribution in [-0.4, -0.2) is 24.5 Å². The Labute approximate surface area is 355 Å². The quantitative estimate of drug-likeness (QED) is 0.174. The summed E-state index contributed by atoms with van der Waals surface area (Å²) in [4.78, 5) is 20.4. The number of hydrogen-bond donors (Lipinski definition) is 0. The van der Waals surface area contributed by atoms with E-state index in [9.17, 15) is 0 Å². The minimum absolute atomic E-state index is 0.559. The van der Waals surface area contributed by atoms with E-state index in [1.807, 2.05) is 30.3 Å². The van der Waals surface area contributed by atoms with Gasteiger partial charge in [0.2, 0.25) is 5.71 Å². The van der Waals surface area contributed by atoms with Crippen molar-refractivity contribution in [1.82, 2.24) is 24.5 Å². The Hall–Kier alpha value is -8.48. The third-order valence-electron chi connectivity index (χ3n) is 12.3. The highest BCUT2D eigenvalue weighted by Crippen LogP contribution is 2.41. The van der Waals surface area contributed by atoms with E-state index in [2.05, 4.69) is 173 Å². The van der Waals surface area contributed by atoms with E-state index in [1.54, 1.807) is 6.20 Å². The van der Waals surface area contributed by atoms with Crippen LogP contribution in [0.2, 0.25) is 0 Å². The average molecular weight is 792 g/mol. The van der Waals surface area contributed by atoms with Gasteiger partial charge in [-0.2, -0.15) is 0 Å². The first kappa shape index (κ1) is 34.4. The molecular formula is C56H33N5O. The van der Waals surface area contributed by atoms with E-state index in [0.29, 0.717) is 23.2 Å². The van der Waals surface area contributed by atoms with Gasteiger partial charge in [-0.05, 0) is 98.7 Å². The van der Waals surface area contributed by atoms with Crippen LogP contribution in [0.25, 0.3) is 127 Å². The molecule has 0 amide bonds. The van der Waals surface area contributed by atoms with E-state index in [-0.39, 0.29) is 0 Å². The Balaban J connectivity index is 1.04. The monoisotopic (exact) mass is 791 g/mol. The van der Waals surface area contributed by atoms with Crippen LogP contribution in [0.5, 0.6) is 0 Å². The molecule has 0 spiro atoms. The maximum atomic E-state index is 6.24. The van der Waals surface area contributed by atoms with Crippen molar-refractivity contribution < 1.29 is 4.42 Å². The second kappa shape index (κ2) is 13.5. The van der Waals surface area contributed by atoms with Crippen molar-refractivity contribution in [2.24, 2.45) is 0 Å². The zero-order valence-electron chi connectivity index (χ0n) is 33.2. The van der Waals surface area contributed by atoms with Crippen molar-refractivity contribution in [3.8, 4) is 51.0 Å². The molecule has 9 aromatic carbocycles. The smallest absolute Gasteiger partial charge is 0.227 e. The van der Waals surface area contributed by atoms with Gasteiger partial charge in [0.1, 0.15) is 5.58 Å². The van der Waals surface area contributed by atoms with E-state index in [1.165, 1.54) is 32.7 Å². The molecule has 288 valence electrons. The summed E-state index contributed by atoms with van der Waals surface area (Å²) in [5.41, 5.74) is 9.75. The zero-order chi connectivity index (χ0) is 40.7. The molecule has 0 aliphatic rings. The van der Waals surface area contributed by atoms with Gasteiger partial charge in [-0.1, -0.05) is 133 Å². The van der Waals surface area contributed by atoms with Crippen molar-refractivity contribution in [3.05, 3.63) is 200 Å². The molecule has 0 unspecified atom stereocenters. The first-order chi connectivity index (χ1) is 30.7. The molecule has 4 aromatic heterocycles. The molecule has 0 saturated carbocycles. The van der Waals surface area contributed by atoms with Crippen LogP contribution in [0.15, 0.2) is 205 Å². The number of rotatable bonds is 5. The zero-order valence-corrected chi connectivity index (χ0v) is 33.2.